The molecule has 2 rings (SSSR count). The Labute approximate surface area is 120 Å². The van der Waals surface area contributed by atoms with Crippen molar-refractivity contribution in [3.05, 3.63) is 40.8 Å². The number of hydrogen-bond donors (Lipinski definition) is 0. The van der Waals surface area contributed by atoms with Gasteiger partial charge in [-0.15, -0.1) is 0 Å². The molecule has 1 aliphatic heterocycles. The van der Waals surface area contributed by atoms with Crippen molar-refractivity contribution in [1.29, 1.82) is 0 Å². The van der Waals surface area contributed by atoms with Crippen LogP contribution in [0.1, 0.15) is 5.56 Å². The highest BCUT2D eigenvalue weighted by atomic mass is 32.2. The van der Waals surface area contributed by atoms with Crippen molar-refractivity contribution < 1.29 is 14.3 Å². The molecule has 1 aliphatic rings. The summed E-state index contributed by atoms with van der Waals surface area (Å²) < 4.78 is 4.92. The van der Waals surface area contributed by atoms with E-state index in [1.807, 2.05) is 31.2 Å². The minimum Gasteiger partial charge on any atom is -0.466 e. The Balaban J connectivity index is 2.31. The minimum absolute atomic E-state index is 0.275. The van der Waals surface area contributed by atoms with Gasteiger partial charge in [-0.2, -0.15) is 0 Å². The molecular weight excluding hydrogens is 282 g/mol. The molecule has 4 nitrogen and oxygen atoms in total. The molecule has 0 unspecified atom stereocenters. The Morgan fingerprint density at radius 2 is 2.00 bits per heavy atom. The quantitative estimate of drug-likeness (QED) is 0.476. The van der Waals surface area contributed by atoms with Gasteiger partial charge in [-0.05, 0) is 19.1 Å². The number of nitrogens with zero attached hydrogens (tertiary/aromatic N) is 1. The molecule has 0 atom stereocenters. The van der Waals surface area contributed by atoms with Crippen LogP contribution in [0.3, 0.4) is 0 Å². The second-order valence-corrected chi connectivity index (χ2v) is 5.55. The van der Waals surface area contributed by atoms with Crippen LogP contribution in [0.4, 0.5) is 5.69 Å². The maximum absolute atomic E-state index is 12.2. The lowest BCUT2D eigenvalue weighted by atomic mass is 10.2. The third-order valence-electron chi connectivity index (χ3n) is 2.54. The molecule has 6 heteroatoms. The van der Waals surface area contributed by atoms with E-state index >= 15 is 0 Å². The number of aryl methyl sites for hydroxylation is 1. The molecular formula is C13H11NO3S2. The SMILES string of the molecule is COC(=O)/C=C1/SC(=S)N(c2ccc(C)cc2)C1=O. The molecule has 1 fully saturated rings. The highest BCUT2D eigenvalue weighted by Crippen LogP contribution is 2.34. The van der Waals surface area contributed by atoms with Gasteiger partial charge in [0.1, 0.15) is 0 Å². The number of methoxy groups -OCH3 is 1. The molecule has 1 heterocycles. The molecule has 19 heavy (non-hydrogen) atoms. The number of thioether (sulfide) groups is 1. The molecule has 0 radical (unpaired) electrons. The Kier molecular flexibility index (Phi) is 4.01. The number of anilines is 1. The first-order chi connectivity index (χ1) is 9.02. The van der Waals surface area contributed by atoms with Gasteiger partial charge in [-0.3, -0.25) is 9.69 Å². The summed E-state index contributed by atoms with van der Waals surface area (Å²) in [5, 5.41) is 0. The summed E-state index contributed by atoms with van der Waals surface area (Å²) in [7, 11) is 1.26. The van der Waals surface area contributed by atoms with Gasteiger partial charge in [0.2, 0.25) is 0 Å². The van der Waals surface area contributed by atoms with E-state index in [9.17, 15) is 9.59 Å². The summed E-state index contributed by atoms with van der Waals surface area (Å²) in [5.41, 5.74) is 1.79. The predicted molar refractivity (Wildman–Crippen MR) is 79.0 cm³/mol. The van der Waals surface area contributed by atoms with Crippen LogP contribution in [-0.4, -0.2) is 23.3 Å². The van der Waals surface area contributed by atoms with Crippen molar-refractivity contribution in [2.24, 2.45) is 0 Å². The second-order valence-electron chi connectivity index (χ2n) is 3.88. The monoisotopic (exact) mass is 293 g/mol. The van der Waals surface area contributed by atoms with Gasteiger partial charge >= 0.3 is 5.97 Å². The van der Waals surface area contributed by atoms with Crippen LogP contribution in [0.15, 0.2) is 35.2 Å². The maximum atomic E-state index is 12.2. The number of esters is 1. The van der Waals surface area contributed by atoms with Crippen LogP contribution in [0.5, 0.6) is 0 Å². The first-order valence-electron chi connectivity index (χ1n) is 5.45. The smallest absolute Gasteiger partial charge is 0.331 e. The van der Waals surface area contributed by atoms with Gasteiger partial charge in [0.15, 0.2) is 4.32 Å². The Bertz CT molecular complexity index is 578. The van der Waals surface area contributed by atoms with Crippen molar-refractivity contribution in [2.75, 3.05) is 12.0 Å². The van der Waals surface area contributed by atoms with Crippen molar-refractivity contribution in [2.45, 2.75) is 6.92 Å². The number of rotatable bonds is 2. The Hall–Kier alpha value is -1.66. The summed E-state index contributed by atoms with van der Waals surface area (Å²) in [4.78, 5) is 25.1. The van der Waals surface area contributed by atoms with Gasteiger partial charge in [-0.25, -0.2) is 4.79 Å². The van der Waals surface area contributed by atoms with Crippen molar-refractivity contribution in [1.82, 2.24) is 0 Å². The minimum atomic E-state index is -0.565. The van der Waals surface area contributed by atoms with Crippen LogP contribution < -0.4 is 4.90 Å². The molecule has 1 saturated heterocycles. The molecule has 0 aromatic heterocycles. The fraction of sp³-hybridized carbons (Fsp3) is 0.154. The van der Waals surface area contributed by atoms with E-state index in [1.54, 1.807) is 0 Å². The first kappa shape index (κ1) is 13.8. The van der Waals surface area contributed by atoms with Crippen LogP contribution in [0.2, 0.25) is 0 Å². The average Bonchev–Trinajstić information content (AvgIpc) is 2.66. The predicted octanol–water partition coefficient (Wildman–Crippen LogP) is 2.42. The van der Waals surface area contributed by atoms with Gasteiger partial charge in [0.25, 0.3) is 5.91 Å². The molecule has 1 aromatic rings. The van der Waals surface area contributed by atoms with E-state index in [1.165, 1.54) is 12.0 Å². The Morgan fingerprint density at radius 1 is 1.37 bits per heavy atom. The normalized spacial score (nSPS) is 17.2. The third-order valence-corrected chi connectivity index (χ3v) is 3.84. The molecule has 0 saturated carbocycles. The zero-order valence-corrected chi connectivity index (χ0v) is 12.0. The number of carbonyl (C=O) groups is 2. The Morgan fingerprint density at radius 3 is 2.58 bits per heavy atom. The number of carbonyl (C=O) groups excluding carboxylic acids is 2. The summed E-state index contributed by atoms with van der Waals surface area (Å²) >= 11 is 6.27. The number of thiocarbonyl (C=S) groups is 1. The van der Waals surface area contributed by atoms with Gasteiger partial charge in [0.05, 0.1) is 17.7 Å². The number of amides is 1. The second kappa shape index (κ2) is 5.54. The largest absolute Gasteiger partial charge is 0.466 e. The highest BCUT2D eigenvalue weighted by molar-refractivity contribution is 8.27. The van der Waals surface area contributed by atoms with Crippen LogP contribution in [-0.2, 0) is 14.3 Å². The summed E-state index contributed by atoms with van der Waals surface area (Å²) in [6.45, 7) is 1.96. The van der Waals surface area contributed by atoms with Gasteiger partial charge in [0, 0.05) is 6.08 Å². The summed E-state index contributed by atoms with van der Waals surface area (Å²) in [6.07, 6.45) is 1.16. The number of ether oxygens (including phenoxy) is 1. The average molecular weight is 293 g/mol. The fourth-order valence-corrected chi connectivity index (χ4v) is 2.81. The lowest BCUT2D eigenvalue weighted by Gasteiger charge is -2.14. The lowest BCUT2D eigenvalue weighted by Crippen LogP contribution is -2.27. The van der Waals surface area contributed by atoms with Crippen LogP contribution >= 0.6 is 24.0 Å². The molecule has 0 aliphatic carbocycles. The van der Waals surface area contributed by atoms with Gasteiger partial charge < -0.3 is 4.74 Å². The molecule has 1 amide bonds. The van der Waals surface area contributed by atoms with E-state index in [-0.39, 0.29) is 10.8 Å². The van der Waals surface area contributed by atoms with E-state index in [2.05, 4.69) is 4.74 Å². The van der Waals surface area contributed by atoms with E-state index in [4.69, 9.17) is 12.2 Å². The topological polar surface area (TPSA) is 46.6 Å². The fourth-order valence-electron chi connectivity index (χ4n) is 1.55. The molecule has 1 aromatic carbocycles. The maximum Gasteiger partial charge on any atom is 0.331 e. The van der Waals surface area contributed by atoms with Crippen molar-refractivity contribution >= 4 is 45.9 Å². The molecule has 0 spiro atoms. The van der Waals surface area contributed by atoms with Crippen LogP contribution in [0, 0.1) is 6.92 Å². The molecule has 98 valence electrons. The van der Waals surface area contributed by atoms with Crippen molar-refractivity contribution in [3.63, 3.8) is 0 Å². The third kappa shape index (κ3) is 2.85. The van der Waals surface area contributed by atoms with E-state index < -0.39 is 5.97 Å². The highest BCUT2D eigenvalue weighted by Gasteiger charge is 2.33. The summed E-state index contributed by atoms with van der Waals surface area (Å²) in [5.74, 6) is -0.867. The van der Waals surface area contributed by atoms with Crippen LogP contribution in [0.25, 0.3) is 0 Å². The zero-order valence-electron chi connectivity index (χ0n) is 10.4. The molecule has 0 bridgehead atoms. The molecule has 0 N–H and O–H groups in total. The van der Waals surface area contributed by atoms with E-state index in [0.29, 0.717) is 10.0 Å². The standard InChI is InChI=1S/C13H11NO3S2/c1-8-3-5-9(6-4-8)14-12(16)10(19-13(14)18)7-11(15)17-2/h3-7H,1-2H3/b10-7+. The first-order valence-corrected chi connectivity index (χ1v) is 6.68. The van der Waals surface area contributed by atoms with E-state index in [0.717, 1.165) is 23.4 Å². The van der Waals surface area contributed by atoms with Crippen molar-refractivity contribution in [3.8, 4) is 0 Å². The summed E-state index contributed by atoms with van der Waals surface area (Å²) in [6, 6.07) is 7.44. The zero-order chi connectivity index (χ0) is 14.0. The number of benzene rings is 1. The van der Waals surface area contributed by atoms with Gasteiger partial charge in [-0.1, -0.05) is 41.7 Å². The number of hydrogen-bond acceptors (Lipinski definition) is 5. The lowest BCUT2D eigenvalue weighted by molar-refractivity contribution is -0.135.